The molecule has 1 aromatic rings. The lowest BCUT2D eigenvalue weighted by Crippen LogP contribution is -3.19. The fraction of sp³-hybridized carbons (Fsp3) is 0.650. The van der Waals surface area contributed by atoms with E-state index in [1.54, 1.807) is 6.07 Å². The van der Waals surface area contributed by atoms with Crippen molar-refractivity contribution in [2.24, 2.45) is 5.92 Å². The molecule has 25 heavy (non-hydrogen) atoms. The Morgan fingerprint density at radius 1 is 1.24 bits per heavy atom. The van der Waals surface area contributed by atoms with Gasteiger partial charge in [-0.3, -0.25) is 4.79 Å². The van der Waals surface area contributed by atoms with Gasteiger partial charge in [0.2, 0.25) is 0 Å². The minimum absolute atomic E-state index is 0.0133. The number of rotatable bonds is 4. The summed E-state index contributed by atoms with van der Waals surface area (Å²) in [5.74, 6) is 1.13. The molecule has 0 spiro atoms. The molecule has 1 amide bonds. The van der Waals surface area contributed by atoms with Gasteiger partial charge in [0, 0.05) is 6.04 Å². The fourth-order valence-corrected chi connectivity index (χ4v) is 4.22. The molecule has 1 aliphatic carbocycles. The molecule has 0 radical (unpaired) electrons. The van der Waals surface area contributed by atoms with Crippen LogP contribution in [0.25, 0.3) is 0 Å². The summed E-state index contributed by atoms with van der Waals surface area (Å²) in [5, 5.41) is 13.3. The van der Waals surface area contributed by atoms with Gasteiger partial charge >= 0.3 is 0 Å². The minimum atomic E-state index is -0.0133. The Bertz CT molecular complexity index is 584. The van der Waals surface area contributed by atoms with E-state index in [1.165, 1.54) is 24.2 Å². The Kier molecular flexibility index (Phi) is 5.84. The zero-order chi connectivity index (χ0) is 17.8. The molecule has 0 bridgehead atoms. The fourth-order valence-electron chi connectivity index (χ4n) is 4.22. The van der Waals surface area contributed by atoms with Crippen LogP contribution in [0.2, 0.25) is 0 Å². The highest BCUT2D eigenvalue weighted by Gasteiger charge is 2.32. The summed E-state index contributed by atoms with van der Waals surface area (Å²) >= 11 is 0. The van der Waals surface area contributed by atoms with Gasteiger partial charge in [-0.25, -0.2) is 0 Å². The van der Waals surface area contributed by atoms with E-state index in [9.17, 15) is 9.90 Å². The van der Waals surface area contributed by atoms with Crippen molar-refractivity contribution in [1.82, 2.24) is 5.32 Å². The number of amides is 1. The third-order valence-electron chi connectivity index (χ3n) is 6.07. The predicted octanol–water partition coefficient (Wildman–Crippen LogP) is 1.18. The minimum Gasteiger partial charge on any atom is -0.506 e. The average Bonchev–Trinajstić information content (AvgIpc) is 2.63. The number of nitrogens with one attached hydrogen (secondary N) is 2. The van der Waals surface area contributed by atoms with Crippen LogP contribution in [0.4, 0.5) is 5.69 Å². The van der Waals surface area contributed by atoms with Gasteiger partial charge in [0.15, 0.2) is 6.04 Å². The summed E-state index contributed by atoms with van der Waals surface area (Å²) < 4.78 is 0. The molecular weight excluding hydrogens is 314 g/mol. The third kappa shape index (κ3) is 4.27. The molecule has 1 aromatic carbocycles. The first-order valence-electron chi connectivity index (χ1n) is 9.74. The monoisotopic (exact) mass is 346 g/mol. The zero-order valence-corrected chi connectivity index (χ0v) is 15.5. The van der Waals surface area contributed by atoms with Crippen molar-refractivity contribution >= 4 is 11.6 Å². The second kappa shape index (κ2) is 8.09. The SMILES string of the molecule is C[C@@H]1CCCC[C@@H]1NC(=O)[C@@H](C)[NH+]1CCN(c2ccccc2O)CC1. The lowest BCUT2D eigenvalue weighted by molar-refractivity contribution is -0.914. The normalized spacial score (nSPS) is 26.2. The average molecular weight is 346 g/mol. The number of phenolic OH excluding ortho intramolecular Hbond substituents is 1. The summed E-state index contributed by atoms with van der Waals surface area (Å²) in [6, 6.07) is 7.83. The van der Waals surface area contributed by atoms with Crippen molar-refractivity contribution in [3.8, 4) is 5.75 Å². The highest BCUT2D eigenvalue weighted by Crippen LogP contribution is 2.26. The molecule has 0 aromatic heterocycles. The molecule has 3 N–H and O–H groups in total. The van der Waals surface area contributed by atoms with E-state index in [0.717, 1.165) is 38.3 Å². The summed E-state index contributed by atoms with van der Waals surface area (Å²) in [5.41, 5.74) is 0.898. The van der Waals surface area contributed by atoms with E-state index in [0.29, 0.717) is 17.7 Å². The maximum absolute atomic E-state index is 12.7. The van der Waals surface area contributed by atoms with Crippen LogP contribution in [0.15, 0.2) is 24.3 Å². The maximum atomic E-state index is 12.7. The van der Waals surface area contributed by atoms with Crippen LogP contribution in [0.5, 0.6) is 5.75 Å². The maximum Gasteiger partial charge on any atom is 0.278 e. The van der Waals surface area contributed by atoms with Gasteiger partial charge in [-0.15, -0.1) is 0 Å². The number of piperazine rings is 1. The van der Waals surface area contributed by atoms with E-state index in [4.69, 9.17) is 0 Å². The Balaban J connectivity index is 1.51. The van der Waals surface area contributed by atoms with Crippen LogP contribution in [-0.4, -0.2) is 49.3 Å². The summed E-state index contributed by atoms with van der Waals surface area (Å²) in [4.78, 5) is 16.2. The number of hydrogen-bond acceptors (Lipinski definition) is 3. The number of hydrogen-bond donors (Lipinski definition) is 3. The molecule has 0 unspecified atom stereocenters. The largest absolute Gasteiger partial charge is 0.506 e. The van der Waals surface area contributed by atoms with Gasteiger partial charge in [0.05, 0.1) is 31.9 Å². The van der Waals surface area contributed by atoms with E-state index in [1.807, 2.05) is 25.1 Å². The number of benzene rings is 1. The van der Waals surface area contributed by atoms with E-state index in [2.05, 4.69) is 17.1 Å². The quantitative estimate of drug-likeness (QED) is 0.767. The number of carbonyl (C=O) groups is 1. The van der Waals surface area contributed by atoms with Crippen LogP contribution in [0, 0.1) is 5.92 Å². The third-order valence-corrected chi connectivity index (χ3v) is 6.07. The van der Waals surface area contributed by atoms with Gasteiger partial charge in [0.1, 0.15) is 5.75 Å². The second-order valence-electron chi connectivity index (χ2n) is 7.73. The summed E-state index contributed by atoms with van der Waals surface area (Å²) in [6.07, 6.45) is 4.87. The van der Waals surface area contributed by atoms with Crippen molar-refractivity contribution in [2.75, 3.05) is 31.1 Å². The molecule has 5 heteroatoms. The molecule has 138 valence electrons. The van der Waals surface area contributed by atoms with E-state index in [-0.39, 0.29) is 11.9 Å². The number of anilines is 1. The smallest absolute Gasteiger partial charge is 0.278 e. The molecule has 1 aliphatic heterocycles. The first kappa shape index (κ1) is 18.1. The lowest BCUT2D eigenvalue weighted by Gasteiger charge is -2.37. The van der Waals surface area contributed by atoms with Crippen LogP contribution in [0.3, 0.4) is 0 Å². The molecule has 5 nitrogen and oxygen atoms in total. The zero-order valence-electron chi connectivity index (χ0n) is 15.5. The summed E-state index contributed by atoms with van der Waals surface area (Å²) in [6.45, 7) is 7.88. The van der Waals surface area contributed by atoms with Crippen LogP contribution in [0.1, 0.15) is 39.5 Å². The van der Waals surface area contributed by atoms with Crippen LogP contribution in [-0.2, 0) is 4.79 Å². The van der Waals surface area contributed by atoms with Crippen molar-refractivity contribution in [1.29, 1.82) is 0 Å². The number of phenols is 1. The van der Waals surface area contributed by atoms with Gasteiger partial charge in [0.25, 0.3) is 5.91 Å². The Hall–Kier alpha value is -1.75. The topological polar surface area (TPSA) is 57.0 Å². The van der Waals surface area contributed by atoms with Crippen LogP contribution >= 0.6 is 0 Å². The number of para-hydroxylation sites is 2. The van der Waals surface area contributed by atoms with Crippen molar-refractivity contribution < 1.29 is 14.8 Å². The molecule has 1 saturated carbocycles. The first-order valence-corrected chi connectivity index (χ1v) is 9.74. The molecule has 3 rings (SSSR count). The summed E-state index contributed by atoms with van der Waals surface area (Å²) in [7, 11) is 0. The highest BCUT2D eigenvalue weighted by molar-refractivity contribution is 5.80. The number of nitrogens with zero attached hydrogens (tertiary/aromatic N) is 1. The molecule has 1 heterocycles. The number of carbonyl (C=O) groups excluding carboxylic acids is 1. The Labute approximate surface area is 151 Å². The Morgan fingerprint density at radius 2 is 1.92 bits per heavy atom. The van der Waals surface area contributed by atoms with Crippen LogP contribution < -0.4 is 15.1 Å². The van der Waals surface area contributed by atoms with Crippen molar-refractivity contribution in [3.05, 3.63) is 24.3 Å². The molecule has 3 atom stereocenters. The van der Waals surface area contributed by atoms with E-state index < -0.39 is 0 Å². The number of quaternary nitrogens is 1. The first-order chi connectivity index (χ1) is 12.1. The van der Waals surface area contributed by atoms with Gasteiger partial charge < -0.3 is 20.2 Å². The van der Waals surface area contributed by atoms with E-state index >= 15 is 0 Å². The van der Waals surface area contributed by atoms with Gasteiger partial charge in [-0.05, 0) is 37.8 Å². The molecular formula is C20H32N3O2+. The lowest BCUT2D eigenvalue weighted by atomic mass is 9.86. The predicted molar refractivity (Wildman–Crippen MR) is 100 cm³/mol. The molecule has 2 fully saturated rings. The second-order valence-corrected chi connectivity index (χ2v) is 7.73. The van der Waals surface area contributed by atoms with Crippen molar-refractivity contribution in [3.63, 3.8) is 0 Å². The van der Waals surface area contributed by atoms with Crippen molar-refractivity contribution in [2.45, 2.75) is 51.6 Å². The molecule has 1 saturated heterocycles. The Morgan fingerprint density at radius 3 is 2.60 bits per heavy atom. The van der Waals surface area contributed by atoms with Gasteiger partial charge in [-0.1, -0.05) is 31.9 Å². The standard InChI is InChI=1S/C20H31N3O2/c1-15-7-3-4-8-17(15)21-20(25)16(2)22-11-13-23(14-12-22)18-9-5-6-10-19(18)24/h5-6,9-10,15-17,24H,3-4,7-8,11-14H2,1-2H3,(H,21,25)/p+1/t15-,16-,17+/m1/s1. The number of aromatic hydroxyl groups is 1. The highest BCUT2D eigenvalue weighted by atomic mass is 16.3. The van der Waals surface area contributed by atoms with Gasteiger partial charge in [-0.2, -0.15) is 0 Å². The molecule has 2 aliphatic rings.